The maximum atomic E-state index is 12.4. The van der Waals surface area contributed by atoms with Gasteiger partial charge in [-0.15, -0.1) is 11.3 Å². The van der Waals surface area contributed by atoms with E-state index in [0.29, 0.717) is 0 Å². The zero-order chi connectivity index (χ0) is 15.5. The molecule has 0 bridgehead atoms. The van der Waals surface area contributed by atoms with Crippen LogP contribution in [0.15, 0.2) is 39.3 Å². The van der Waals surface area contributed by atoms with Crippen LogP contribution >= 0.6 is 39.0 Å². The first-order valence-electron chi connectivity index (χ1n) is 5.57. The average Bonchev–Trinajstić information content (AvgIpc) is 2.80. The number of rotatable bonds is 4. The number of alkyl halides is 3. The topological polar surface area (TPSA) is 42.0 Å². The lowest BCUT2D eigenvalue weighted by atomic mass is 10.2. The molecule has 0 saturated carbocycles. The molecule has 0 atom stereocenters. The van der Waals surface area contributed by atoms with Gasteiger partial charge >= 0.3 is 5.51 Å². The Morgan fingerprint density at radius 3 is 2.86 bits per heavy atom. The predicted octanol–water partition coefficient (Wildman–Crippen LogP) is 4.45. The largest absolute Gasteiger partial charge is 0.447 e. The summed E-state index contributed by atoms with van der Waals surface area (Å²) >= 11 is 4.33. The van der Waals surface area contributed by atoms with Gasteiger partial charge in [0.1, 0.15) is 5.03 Å². The number of hydrogen-bond acceptors (Lipinski definition) is 4. The molecule has 2 aromatic rings. The molecule has 0 aromatic carbocycles. The Morgan fingerprint density at radius 2 is 2.24 bits per heavy atom. The third-order valence-electron chi connectivity index (χ3n) is 2.27. The van der Waals surface area contributed by atoms with Crippen LogP contribution in [0.5, 0.6) is 0 Å². The van der Waals surface area contributed by atoms with Crippen molar-refractivity contribution in [2.24, 2.45) is 0 Å². The van der Waals surface area contributed by atoms with E-state index in [-0.39, 0.29) is 17.1 Å². The van der Waals surface area contributed by atoms with E-state index < -0.39 is 23.2 Å². The molecular formula is C12H8BrF3N2OS2. The molecular weight excluding hydrogens is 389 g/mol. The second kappa shape index (κ2) is 6.80. The van der Waals surface area contributed by atoms with Gasteiger partial charge in [-0.25, -0.2) is 4.98 Å². The maximum absolute atomic E-state index is 12.4. The van der Waals surface area contributed by atoms with Crippen molar-refractivity contribution in [1.82, 2.24) is 10.3 Å². The number of carbonyl (C=O) groups is 1. The molecule has 3 nitrogen and oxygen atoms in total. The Balaban J connectivity index is 2.08. The van der Waals surface area contributed by atoms with E-state index in [2.05, 4.69) is 26.2 Å². The number of thioether (sulfide) groups is 1. The fourth-order valence-electron chi connectivity index (χ4n) is 1.46. The number of hydrogen-bond donors (Lipinski definition) is 1. The molecule has 0 fully saturated rings. The lowest BCUT2D eigenvalue weighted by Gasteiger charge is -2.09. The molecule has 1 amide bonds. The number of nitrogens with one attached hydrogen (secondary N) is 1. The van der Waals surface area contributed by atoms with Crippen molar-refractivity contribution in [2.45, 2.75) is 17.1 Å². The third kappa shape index (κ3) is 5.01. The summed E-state index contributed by atoms with van der Waals surface area (Å²) in [7, 11) is 0. The lowest BCUT2D eigenvalue weighted by molar-refractivity contribution is -0.0329. The van der Waals surface area contributed by atoms with Crippen molar-refractivity contribution >= 4 is 44.9 Å². The minimum atomic E-state index is -4.48. The highest BCUT2D eigenvalue weighted by molar-refractivity contribution is 9.10. The summed E-state index contributed by atoms with van der Waals surface area (Å²) in [6.07, 6.45) is 1.22. The second-order valence-corrected chi connectivity index (χ2v) is 6.78. The summed E-state index contributed by atoms with van der Waals surface area (Å²) in [5, 5.41) is 4.09. The van der Waals surface area contributed by atoms with Crippen LogP contribution in [0.4, 0.5) is 13.2 Å². The van der Waals surface area contributed by atoms with Gasteiger partial charge in [0.2, 0.25) is 0 Å². The highest BCUT2D eigenvalue weighted by atomic mass is 79.9. The van der Waals surface area contributed by atoms with Gasteiger partial charge in [0.25, 0.3) is 5.91 Å². The van der Waals surface area contributed by atoms with Crippen molar-refractivity contribution in [1.29, 1.82) is 0 Å². The highest BCUT2D eigenvalue weighted by Gasteiger charge is 2.32. The van der Waals surface area contributed by atoms with E-state index in [1.54, 1.807) is 0 Å². The minimum absolute atomic E-state index is 0.0875. The summed E-state index contributed by atoms with van der Waals surface area (Å²) in [5.41, 5.74) is -4.57. The first-order valence-corrected chi connectivity index (χ1v) is 8.06. The molecule has 2 heterocycles. The van der Waals surface area contributed by atoms with E-state index in [4.69, 9.17) is 0 Å². The quantitative estimate of drug-likeness (QED) is 0.776. The Kier molecular flexibility index (Phi) is 5.28. The highest BCUT2D eigenvalue weighted by Crippen LogP contribution is 2.37. The van der Waals surface area contributed by atoms with E-state index in [1.807, 2.05) is 11.4 Å². The van der Waals surface area contributed by atoms with Gasteiger partial charge in [-0.3, -0.25) is 4.79 Å². The number of amides is 1. The van der Waals surface area contributed by atoms with E-state index in [9.17, 15) is 18.0 Å². The lowest BCUT2D eigenvalue weighted by Crippen LogP contribution is -2.23. The SMILES string of the molecule is O=C(NCc1cc(Br)cs1)c1cccnc1SC(F)(F)F. The Labute approximate surface area is 135 Å². The van der Waals surface area contributed by atoms with Crippen LogP contribution in [-0.4, -0.2) is 16.4 Å². The van der Waals surface area contributed by atoms with Crippen LogP contribution in [0.2, 0.25) is 0 Å². The normalized spacial score (nSPS) is 11.4. The number of carbonyl (C=O) groups excluding carboxylic acids is 1. The second-order valence-electron chi connectivity index (χ2n) is 3.82. The molecule has 2 aromatic heterocycles. The Bertz CT molecular complexity index is 645. The fraction of sp³-hybridized carbons (Fsp3) is 0.167. The smallest absolute Gasteiger partial charge is 0.347 e. The molecule has 0 unspecified atom stereocenters. The molecule has 0 spiro atoms. The third-order valence-corrected chi connectivity index (χ3v) is 4.72. The molecule has 112 valence electrons. The minimum Gasteiger partial charge on any atom is -0.347 e. The fourth-order valence-corrected chi connectivity index (χ4v) is 3.46. The van der Waals surface area contributed by atoms with E-state index in [0.717, 1.165) is 9.35 Å². The van der Waals surface area contributed by atoms with Gasteiger partial charge in [0.05, 0.1) is 12.1 Å². The van der Waals surface area contributed by atoms with E-state index >= 15 is 0 Å². The Hall–Kier alpha value is -1.06. The van der Waals surface area contributed by atoms with Crippen LogP contribution in [0.1, 0.15) is 15.2 Å². The maximum Gasteiger partial charge on any atom is 0.447 e. The zero-order valence-corrected chi connectivity index (χ0v) is 13.5. The molecule has 21 heavy (non-hydrogen) atoms. The number of halogens is 4. The standard InChI is InChI=1S/C12H8BrF3N2OS2/c13-7-4-8(20-6-7)5-18-10(19)9-2-1-3-17-11(9)21-12(14,15)16/h1-4,6H,5H2,(H,18,19). The molecule has 0 aliphatic rings. The monoisotopic (exact) mass is 396 g/mol. The first kappa shape index (κ1) is 16.3. The number of aromatic nitrogens is 1. The predicted molar refractivity (Wildman–Crippen MR) is 79.3 cm³/mol. The Morgan fingerprint density at radius 1 is 1.48 bits per heavy atom. The van der Waals surface area contributed by atoms with Crippen LogP contribution in [0.25, 0.3) is 0 Å². The van der Waals surface area contributed by atoms with Crippen molar-refractivity contribution in [3.8, 4) is 0 Å². The summed E-state index contributed by atoms with van der Waals surface area (Å²) in [5.74, 6) is -0.584. The molecule has 1 N–H and O–H groups in total. The molecule has 0 saturated heterocycles. The van der Waals surface area contributed by atoms with Crippen LogP contribution < -0.4 is 5.32 Å². The van der Waals surface area contributed by atoms with Crippen molar-refractivity contribution in [3.63, 3.8) is 0 Å². The van der Waals surface area contributed by atoms with Gasteiger partial charge in [-0.1, -0.05) is 0 Å². The first-order chi connectivity index (χ1) is 9.85. The van der Waals surface area contributed by atoms with Gasteiger partial charge in [0, 0.05) is 32.7 Å². The van der Waals surface area contributed by atoms with Crippen LogP contribution in [0.3, 0.4) is 0 Å². The average molecular weight is 397 g/mol. The van der Waals surface area contributed by atoms with Crippen molar-refractivity contribution < 1.29 is 18.0 Å². The molecule has 2 rings (SSSR count). The zero-order valence-electron chi connectivity index (χ0n) is 10.3. The van der Waals surface area contributed by atoms with Crippen molar-refractivity contribution in [3.05, 3.63) is 44.7 Å². The number of pyridine rings is 1. The summed E-state index contributed by atoms with van der Waals surface area (Å²) in [6.45, 7) is 0.250. The van der Waals surface area contributed by atoms with Gasteiger partial charge in [0.15, 0.2) is 0 Å². The van der Waals surface area contributed by atoms with Gasteiger partial charge in [-0.05, 0) is 34.1 Å². The summed E-state index contributed by atoms with van der Waals surface area (Å²) in [6, 6.07) is 4.58. The van der Waals surface area contributed by atoms with Gasteiger partial charge in [-0.2, -0.15) is 13.2 Å². The molecule has 0 aliphatic heterocycles. The molecule has 9 heteroatoms. The van der Waals surface area contributed by atoms with Crippen LogP contribution in [0, 0.1) is 0 Å². The molecule has 0 radical (unpaired) electrons. The molecule has 0 aliphatic carbocycles. The number of thiophene rings is 1. The number of nitrogens with zero attached hydrogens (tertiary/aromatic N) is 1. The van der Waals surface area contributed by atoms with E-state index in [1.165, 1.54) is 29.7 Å². The summed E-state index contributed by atoms with van der Waals surface area (Å²) in [4.78, 5) is 16.5. The summed E-state index contributed by atoms with van der Waals surface area (Å²) < 4.78 is 38.2. The van der Waals surface area contributed by atoms with Crippen molar-refractivity contribution in [2.75, 3.05) is 0 Å². The van der Waals surface area contributed by atoms with Crippen LogP contribution in [-0.2, 0) is 6.54 Å². The van der Waals surface area contributed by atoms with Gasteiger partial charge < -0.3 is 5.32 Å².